The molecule has 0 saturated carbocycles. The molecule has 1 aromatic carbocycles. The van der Waals surface area contributed by atoms with Crippen molar-refractivity contribution in [3.63, 3.8) is 0 Å². The van der Waals surface area contributed by atoms with Crippen LogP contribution >= 0.6 is 0 Å². The van der Waals surface area contributed by atoms with E-state index in [0.717, 1.165) is 12.1 Å². The SMILES string of the molecule is Cc1cc([N+](=O)[O-])cc(N2CCC(F)(F)CC2)c1F. The predicted molar refractivity (Wildman–Crippen MR) is 64.2 cm³/mol. The Labute approximate surface area is 108 Å². The minimum Gasteiger partial charge on any atom is -0.369 e. The number of rotatable bonds is 2. The second-order valence-electron chi connectivity index (χ2n) is 4.70. The Kier molecular flexibility index (Phi) is 3.38. The van der Waals surface area contributed by atoms with Crippen LogP contribution < -0.4 is 4.90 Å². The zero-order chi connectivity index (χ0) is 14.2. The molecule has 7 heteroatoms. The monoisotopic (exact) mass is 274 g/mol. The van der Waals surface area contributed by atoms with Gasteiger partial charge in [0, 0.05) is 38.1 Å². The van der Waals surface area contributed by atoms with Crippen LogP contribution in [0.2, 0.25) is 0 Å². The molecule has 1 saturated heterocycles. The van der Waals surface area contributed by atoms with E-state index in [4.69, 9.17) is 0 Å². The van der Waals surface area contributed by atoms with E-state index < -0.39 is 16.7 Å². The van der Waals surface area contributed by atoms with Gasteiger partial charge in [-0.3, -0.25) is 10.1 Å². The summed E-state index contributed by atoms with van der Waals surface area (Å²) >= 11 is 0. The lowest BCUT2D eigenvalue weighted by Crippen LogP contribution is -2.39. The van der Waals surface area contributed by atoms with Crippen LogP contribution in [-0.2, 0) is 0 Å². The number of alkyl halides is 2. The van der Waals surface area contributed by atoms with Crippen molar-refractivity contribution in [2.24, 2.45) is 0 Å². The fraction of sp³-hybridized carbons (Fsp3) is 0.500. The van der Waals surface area contributed by atoms with E-state index >= 15 is 0 Å². The summed E-state index contributed by atoms with van der Waals surface area (Å²) in [6.07, 6.45) is -0.734. The van der Waals surface area contributed by atoms with Crippen molar-refractivity contribution < 1.29 is 18.1 Å². The van der Waals surface area contributed by atoms with Gasteiger partial charge in [-0.1, -0.05) is 0 Å². The van der Waals surface area contributed by atoms with Crippen LogP contribution in [0.25, 0.3) is 0 Å². The molecule has 104 valence electrons. The van der Waals surface area contributed by atoms with Crippen LogP contribution in [0.5, 0.6) is 0 Å². The third kappa shape index (κ3) is 2.80. The molecular weight excluding hydrogens is 261 g/mol. The second kappa shape index (κ2) is 4.71. The smallest absolute Gasteiger partial charge is 0.271 e. The second-order valence-corrected chi connectivity index (χ2v) is 4.70. The van der Waals surface area contributed by atoms with Gasteiger partial charge >= 0.3 is 0 Å². The van der Waals surface area contributed by atoms with Crippen molar-refractivity contribution in [3.05, 3.63) is 33.6 Å². The number of piperidine rings is 1. The van der Waals surface area contributed by atoms with Crippen LogP contribution in [0.3, 0.4) is 0 Å². The number of hydrogen-bond acceptors (Lipinski definition) is 3. The molecule has 1 aliphatic heterocycles. The largest absolute Gasteiger partial charge is 0.369 e. The molecule has 1 heterocycles. The molecule has 4 nitrogen and oxygen atoms in total. The van der Waals surface area contributed by atoms with Gasteiger partial charge in [0.2, 0.25) is 0 Å². The maximum atomic E-state index is 14.0. The molecule has 2 rings (SSSR count). The molecular formula is C12H13F3N2O2. The first-order chi connectivity index (χ1) is 8.80. The molecule has 1 aliphatic rings. The Morgan fingerprint density at radius 1 is 1.32 bits per heavy atom. The van der Waals surface area contributed by atoms with Crippen LogP contribution in [0.15, 0.2) is 12.1 Å². The number of aryl methyl sites for hydroxylation is 1. The van der Waals surface area contributed by atoms with Gasteiger partial charge in [-0.05, 0) is 12.5 Å². The van der Waals surface area contributed by atoms with Crippen molar-refractivity contribution in [2.75, 3.05) is 18.0 Å². The Morgan fingerprint density at radius 2 is 1.89 bits per heavy atom. The van der Waals surface area contributed by atoms with E-state index in [-0.39, 0.29) is 42.9 Å². The van der Waals surface area contributed by atoms with Crippen LogP contribution in [0.4, 0.5) is 24.5 Å². The lowest BCUT2D eigenvalue weighted by molar-refractivity contribution is -0.384. The Balaban J connectivity index is 2.32. The summed E-state index contributed by atoms with van der Waals surface area (Å²) in [5, 5.41) is 10.7. The highest BCUT2D eigenvalue weighted by Gasteiger charge is 2.35. The maximum absolute atomic E-state index is 14.0. The summed E-state index contributed by atoms with van der Waals surface area (Å²) in [6.45, 7) is 1.40. The number of nitro benzene ring substituents is 1. The molecule has 0 atom stereocenters. The molecule has 0 aliphatic carbocycles. The Hall–Kier alpha value is -1.79. The molecule has 1 fully saturated rings. The van der Waals surface area contributed by atoms with Gasteiger partial charge in [-0.2, -0.15) is 0 Å². The molecule has 0 aromatic heterocycles. The van der Waals surface area contributed by atoms with Crippen molar-refractivity contribution >= 4 is 11.4 Å². The lowest BCUT2D eigenvalue weighted by atomic mass is 10.0. The standard InChI is InChI=1S/C12H13F3N2O2/c1-8-6-9(17(18)19)7-10(11(8)13)16-4-2-12(14,15)3-5-16/h6-7H,2-5H2,1H3. The molecule has 0 radical (unpaired) electrons. The van der Waals surface area contributed by atoms with E-state index in [1.807, 2.05) is 0 Å². The van der Waals surface area contributed by atoms with Crippen molar-refractivity contribution in [3.8, 4) is 0 Å². The highest BCUT2D eigenvalue weighted by molar-refractivity contribution is 5.57. The first-order valence-corrected chi connectivity index (χ1v) is 5.87. The van der Waals surface area contributed by atoms with Crippen LogP contribution in [0, 0.1) is 22.9 Å². The molecule has 0 unspecified atom stereocenters. The van der Waals surface area contributed by atoms with Crippen LogP contribution in [0.1, 0.15) is 18.4 Å². The van der Waals surface area contributed by atoms with Gasteiger partial charge in [0.1, 0.15) is 5.82 Å². The van der Waals surface area contributed by atoms with E-state index in [2.05, 4.69) is 0 Å². The summed E-state index contributed by atoms with van der Waals surface area (Å²) in [5.41, 5.74) is -0.0602. The number of halogens is 3. The van der Waals surface area contributed by atoms with E-state index in [1.165, 1.54) is 11.8 Å². The third-order valence-corrected chi connectivity index (χ3v) is 3.27. The van der Waals surface area contributed by atoms with Gasteiger partial charge in [0.25, 0.3) is 11.6 Å². The summed E-state index contributed by atoms with van der Waals surface area (Å²) in [5.74, 6) is -3.32. The van der Waals surface area contributed by atoms with Crippen molar-refractivity contribution in [2.45, 2.75) is 25.7 Å². The molecule has 0 N–H and O–H groups in total. The number of benzene rings is 1. The van der Waals surface area contributed by atoms with Crippen LogP contribution in [-0.4, -0.2) is 23.9 Å². The minimum atomic E-state index is -2.73. The summed E-state index contributed by atoms with van der Waals surface area (Å²) < 4.78 is 40.1. The average molecular weight is 274 g/mol. The number of non-ortho nitro benzene ring substituents is 1. The fourth-order valence-electron chi connectivity index (χ4n) is 2.14. The lowest BCUT2D eigenvalue weighted by Gasteiger charge is -2.33. The predicted octanol–water partition coefficient (Wildman–Crippen LogP) is 3.28. The first kappa shape index (κ1) is 13.6. The van der Waals surface area contributed by atoms with E-state index in [1.54, 1.807) is 0 Å². The molecule has 0 spiro atoms. The Morgan fingerprint density at radius 3 is 2.42 bits per heavy atom. The van der Waals surface area contributed by atoms with Gasteiger partial charge in [-0.15, -0.1) is 0 Å². The maximum Gasteiger partial charge on any atom is 0.271 e. The summed E-state index contributed by atoms with van der Waals surface area (Å²) in [6, 6.07) is 2.24. The topological polar surface area (TPSA) is 46.4 Å². The molecule has 19 heavy (non-hydrogen) atoms. The molecule has 0 amide bonds. The Bertz CT molecular complexity index is 510. The van der Waals surface area contributed by atoms with E-state index in [0.29, 0.717) is 0 Å². The van der Waals surface area contributed by atoms with Gasteiger partial charge < -0.3 is 4.90 Å². The van der Waals surface area contributed by atoms with Crippen molar-refractivity contribution in [1.82, 2.24) is 0 Å². The zero-order valence-corrected chi connectivity index (χ0v) is 10.3. The van der Waals surface area contributed by atoms with Crippen molar-refractivity contribution in [1.29, 1.82) is 0 Å². The quantitative estimate of drug-likeness (QED) is 0.614. The fourth-order valence-corrected chi connectivity index (χ4v) is 2.14. The zero-order valence-electron chi connectivity index (χ0n) is 10.3. The normalized spacial score (nSPS) is 18.4. The summed E-state index contributed by atoms with van der Waals surface area (Å²) in [7, 11) is 0. The number of anilines is 1. The molecule has 1 aromatic rings. The number of hydrogen-bond donors (Lipinski definition) is 0. The first-order valence-electron chi connectivity index (χ1n) is 5.87. The highest BCUT2D eigenvalue weighted by Crippen LogP contribution is 2.34. The van der Waals surface area contributed by atoms with Gasteiger partial charge in [0.15, 0.2) is 0 Å². The average Bonchev–Trinajstić information content (AvgIpc) is 2.32. The molecule has 0 bridgehead atoms. The van der Waals surface area contributed by atoms with Gasteiger partial charge in [0.05, 0.1) is 10.6 Å². The van der Waals surface area contributed by atoms with E-state index in [9.17, 15) is 23.3 Å². The third-order valence-electron chi connectivity index (χ3n) is 3.27. The highest BCUT2D eigenvalue weighted by atomic mass is 19.3. The summed E-state index contributed by atoms with van der Waals surface area (Å²) in [4.78, 5) is 11.6. The van der Waals surface area contributed by atoms with Gasteiger partial charge in [-0.25, -0.2) is 13.2 Å². The number of nitrogens with zero attached hydrogens (tertiary/aromatic N) is 2. The number of nitro groups is 1. The minimum absolute atomic E-state index is 0.00940.